The Hall–Kier alpha value is -0.530. The van der Waals surface area contributed by atoms with Crippen LogP contribution >= 0.6 is 24.8 Å². The van der Waals surface area contributed by atoms with Crippen LogP contribution in [0.3, 0.4) is 0 Å². The van der Waals surface area contributed by atoms with Crippen molar-refractivity contribution in [3.8, 4) is 0 Å². The number of allylic oxidation sites excluding steroid dienone is 4. The Kier molecular flexibility index (Phi) is 8.81. The summed E-state index contributed by atoms with van der Waals surface area (Å²) in [5, 5.41) is 5.46. The van der Waals surface area contributed by atoms with Crippen molar-refractivity contribution >= 4 is 57.4 Å². The average molecular weight is 452 g/mol. The van der Waals surface area contributed by atoms with Gasteiger partial charge in [-0.2, -0.15) is 0 Å². The molecule has 0 saturated heterocycles. The summed E-state index contributed by atoms with van der Waals surface area (Å²) < 4.78 is 0. The molecule has 3 aromatic rings. The fourth-order valence-corrected chi connectivity index (χ4v) is 2.91. The second-order valence-corrected chi connectivity index (χ2v) is 15.2. The molecule has 0 radical (unpaired) electrons. The minimum Gasteiger partial charge on any atom is -0.147 e. The van der Waals surface area contributed by atoms with Gasteiger partial charge in [-0.1, -0.05) is 65.8 Å². The molecule has 0 aliphatic heterocycles. The molecular weight excluding hydrogens is 430 g/mol. The fraction of sp³-hybridized carbons (Fsp3) is 0.150. The molecule has 0 aromatic heterocycles. The first-order chi connectivity index (χ1) is 10.7. The summed E-state index contributed by atoms with van der Waals surface area (Å²) in [5.41, 5.74) is 3.02. The molecule has 1 aliphatic carbocycles. The maximum Gasteiger partial charge on any atom is -0.147 e. The first-order valence-electron chi connectivity index (χ1n) is 7.62. The Balaban J connectivity index is 0.000000438. The maximum absolute atomic E-state index is 2.32. The summed E-state index contributed by atoms with van der Waals surface area (Å²) in [7, 11) is 0. The number of benzene rings is 2. The van der Waals surface area contributed by atoms with Gasteiger partial charge in [-0.3, -0.25) is 0 Å². The Bertz CT molecular complexity index is 902. The summed E-state index contributed by atoms with van der Waals surface area (Å²) in [6.45, 7) is 4.62. The van der Waals surface area contributed by atoms with Crippen molar-refractivity contribution in [3.05, 3.63) is 72.3 Å². The monoisotopic (exact) mass is 449 g/mol. The predicted molar refractivity (Wildman–Crippen MR) is 111 cm³/mol. The van der Waals surface area contributed by atoms with Crippen molar-refractivity contribution in [2.75, 3.05) is 0 Å². The molecule has 0 fully saturated rings. The Morgan fingerprint density at radius 2 is 1.62 bits per heavy atom. The van der Waals surface area contributed by atoms with Crippen molar-refractivity contribution in [2.24, 2.45) is 0 Å². The molecule has 0 saturated carbocycles. The van der Waals surface area contributed by atoms with Gasteiger partial charge >= 0.3 is 41.9 Å². The second kappa shape index (κ2) is 9.82. The van der Waals surface area contributed by atoms with Gasteiger partial charge in [0.05, 0.1) is 0 Å². The summed E-state index contributed by atoms with van der Waals surface area (Å²) >= 11 is 1.74. The first-order valence-corrected chi connectivity index (χ1v) is 13.8. The molecule has 1 aliphatic rings. The van der Waals surface area contributed by atoms with Crippen LogP contribution in [0.4, 0.5) is 0 Å². The zero-order valence-corrected chi connectivity index (χ0v) is 19.0. The van der Waals surface area contributed by atoms with Crippen molar-refractivity contribution in [1.82, 2.24) is 0 Å². The quantitative estimate of drug-likeness (QED) is 0.286. The Morgan fingerprint density at radius 3 is 2.29 bits per heavy atom. The van der Waals surface area contributed by atoms with Gasteiger partial charge < -0.3 is 0 Å². The van der Waals surface area contributed by atoms with Crippen LogP contribution in [0.25, 0.3) is 27.1 Å². The number of hydrogen-bond donors (Lipinski definition) is 0. The molecule has 0 unspecified atom stereocenters. The third-order valence-corrected chi connectivity index (χ3v) is 3.77. The van der Waals surface area contributed by atoms with E-state index in [-0.39, 0.29) is 30.2 Å². The predicted octanol–water partition coefficient (Wildman–Crippen LogP) is 6.68. The number of halogens is 2. The number of rotatable bonds is 1. The zero-order chi connectivity index (χ0) is 15.5. The van der Waals surface area contributed by atoms with Gasteiger partial charge in [0, 0.05) is 0 Å². The minimum atomic E-state index is 0. The third kappa shape index (κ3) is 4.76. The summed E-state index contributed by atoms with van der Waals surface area (Å²) in [6.07, 6.45) is 7.65. The molecule has 0 N–H and O–H groups in total. The van der Waals surface area contributed by atoms with E-state index in [0.29, 0.717) is 0 Å². The van der Waals surface area contributed by atoms with Gasteiger partial charge in [-0.25, -0.2) is 0 Å². The van der Waals surface area contributed by atoms with Crippen molar-refractivity contribution in [1.29, 1.82) is 0 Å². The molecule has 24 heavy (non-hydrogen) atoms. The summed E-state index contributed by atoms with van der Waals surface area (Å²) in [6, 6.07) is 17.6. The molecule has 0 bridgehead atoms. The third-order valence-electron chi connectivity index (χ3n) is 3.77. The van der Waals surface area contributed by atoms with Crippen molar-refractivity contribution in [3.63, 3.8) is 0 Å². The molecular formula is C20H21Cl2SiZr-. The standard InChI is InChI=1S/C18H13.C2H6Si.2ClH.Zr/c1-2-7-13(6-1)15-10-5-11-17-16-9-4-3-8-14(16)12-18(15)17;1-3-2;;;/h1-6,8-12H,7H2;1-2H3;2*1H;/q-1;;;;. The van der Waals surface area contributed by atoms with Gasteiger partial charge in [0.2, 0.25) is 0 Å². The second-order valence-electron chi connectivity index (χ2n) is 5.82. The van der Waals surface area contributed by atoms with Crippen LogP contribution in [-0.4, -0.2) is 5.43 Å². The van der Waals surface area contributed by atoms with E-state index in [0.717, 1.165) is 6.42 Å². The number of fused-ring (bicyclic) bond motifs is 3. The molecule has 3 aromatic carbocycles. The van der Waals surface area contributed by atoms with Crippen LogP contribution in [-0.2, 0) is 23.3 Å². The van der Waals surface area contributed by atoms with Crippen molar-refractivity contribution < 1.29 is 23.3 Å². The van der Waals surface area contributed by atoms with Gasteiger partial charge in [0.1, 0.15) is 0 Å². The van der Waals surface area contributed by atoms with Crippen LogP contribution in [0, 0.1) is 0 Å². The van der Waals surface area contributed by atoms with E-state index in [4.69, 9.17) is 0 Å². The van der Waals surface area contributed by atoms with E-state index in [1.165, 1.54) is 32.7 Å². The molecule has 4 heteroatoms. The van der Waals surface area contributed by atoms with Crippen LogP contribution < -0.4 is 0 Å². The molecule has 124 valence electrons. The zero-order valence-electron chi connectivity index (χ0n) is 13.9. The average Bonchev–Trinajstić information content (AvgIpc) is 3.14. The van der Waals surface area contributed by atoms with Gasteiger partial charge in [0.25, 0.3) is 0 Å². The van der Waals surface area contributed by atoms with E-state index < -0.39 is 0 Å². The molecule has 0 spiro atoms. The SMILES string of the molecule is C1=CCC(c2cccc3c2[cH-]c2ccccc23)=C1.C[Si](C)=[Zr].Cl.Cl. The smallest absolute Gasteiger partial charge is 0.147 e. The molecule has 0 heterocycles. The first kappa shape index (κ1) is 21.5. The van der Waals surface area contributed by atoms with E-state index >= 15 is 0 Å². The van der Waals surface area contributed by atoms with Gasteiger partial charge in [0.15, 0.2) is 0 Å². The fourth-order valence-electron chi connectivity index (χ4n) is 2.91. The van der Waals surface area contributed by atoms with E-state index in [2.05, 4.69) is 79.9 Å². The molecule has 0 amide bonds. The van der Waals surface area contributed by atoms with E-state index in [1.54, 1.807) is 23.3 Å². The van der Waals surface area contributed by atoms with Crippen LogP contribution in [0.15, 0.2) is 66.8 Å². The minimum absolute atomic E-state index is 0. The Labute approximate surface area is 171 Å². The van der Waals surface area contributed by atoms with Crippen LogP contribution in [0.5, 0.6) is 0 Å². The molecule has 4 rings (SSSR count). The molecule has 0 nitrogen and oxygen atoms in total. The summed E-state index contributed by atoms with van der Waals surface area (Å²) in [5.74, 6) is 0. The summed E-state index contributed by atoms with van der Waals surface area (Å²) in [4.78, 5) is 0. The van der Waals surface area contributed by atoms with Crippen LogP contribution in [0.1, 0.15) is 12.0 Å². The normalized spacial score (nSPS) is 12.0. The largest absolute Gasteiger partial charge is 0.147 e. The van der Waals surface area contributed by atoms with E-state index in [9.17, 15) is 0 Å². The number of hydrogen-bond acceptors (Lipinski definition) is 0. The molecule has 0 atom stereocenters. The van der Waals surface area contributed by atoms with E-state index in [1.807, 2.05) is 0 Å². The van der Waals surface area contributed by atoms with Crippen LogP contribution in [0.2, 0.25) is 13.1 Å². The van der Waals surface area contributed by atoms with Crippen molar-refractivity contribution in [2.45, 2.75) is 19.5 Å². The van der Waals surface area contributed by atoms with Gasteiger partial charge in [-0.15, -0.1) is 58.5 Å². The topological polar surface area (TPSA) is 0 Å². The Morgan fingerprint density at radius 1 is 0.958 bits per heavy atom. The van der Waals surface area contributed by atoms with Gasteiger partial charge in [-0.05, 0) is 6.42 Å². The maximum atomic E-state index is 2.32.